The summed E-state index contributed by atoms with van der Waals surface area (Å²) in [6, 6.07) is 12.1. The molecular weight excluding hydrogens is 386 g/mol. The van der Waals surface area contributed by atoms with E-state index in [0.29, 0.717) is 17.1 Å². The summed E-state index contributed by atoms with van der Waals surface area (Å²) in [5, 5.41) is 4.02. The monoisotopic (exact) mass is 408 g/mol. The second-order valence-electron chi connectivity index (χ2n) is 5.61. The summed E-state index contributed by atoms with van der Waals surface area (Å²) in [6.45, 7) is 2.66. The van der Waals surface area contributed by atoms with Gasteiger partial charge in [0.05, 0.1) is 0 Å². The predicted octanol–water partition coefficient (Wildman–Crippen LogP) is 4.55. The molecule has 25 heavy (non-hydrogen) atoms. The third-order valence-electron chi connectivity index (χ3n) is 3.41. The van der Waals surface area contributed by atoms with Crippen LogP contribution in [0.4, 0.5) is 4.39 Å². The fourth-order valence-electron chi connectivity index (χ4n) is 2.12. The van der Waals surface area contributed by atoms with E-state index in [1.807, 2.05) is 26.2 Å². The van der Waals surface area contributed by atoms with E-state index in [1.165, 1.54) is 6.07 Å². The van der Waals surface area contributed by atoms with Gasteiger partial charge in [0.25, 0.3) is 0 Å². The molecule has 2 rings (SSSR count). The first-order chi connectivity index (χ1) is 11.1. The number of nitrogens with one attached hydrogen (secondary N) is 1. The number of hydrogen-bond acceptors (Lipinski definition) is 3. The fourth-order valence-corrected chi connectivity index (χ4v) is 2.32. The third-order valence-corrected chi connectivity index (χ3v) is 3.65. The van der Waals surface area contributed by atoms with E-state index < -0.39 is 0 Å². The molecule has 0 heterocycles. The minimum atomic E-state index is -0.257. The second kappa shape index (κ2) is 12.3. The largest absolute Gasteiger partial charge is 0.488 e. The summed E-state index contributed by atoms with van der Waals surface area (Å²) in [4.78, 5) is 2.11. The van der Waals surface area contributed by atoms with E-state index in [0.717, 1.165) is 24.4 Å². The van der Waals surface area contributed by atoms with Crippen LogP contribution in [0.15, 0.2) is 42.5 Å². The van der Waals surface area contributed by atoms with Crippen molar-refractivity contribution >= 4 is 36.4 Å². The Bertz CT molecular complexity index is 641. The lowest BCUT2D eigenvalue weighted by atomic mass is 10.2. The van der Waals surface area contributed by atoms with Crippen molar-refractivity contribution in [2.45, 2.75) is 13.2 Å². The molecule has 0 fully saturated rings. The molecule has 0 atom stereocenters. The number of nitrogens with zero attached hydrogens (tertiary/aromatic N) is 1. The maximum absolute atomic E-state index is 13.7. The number of ether oxygens (including phenoxy) is 1. The quantitative estimate of drug-likeness (QED) is 0.647. The van der Waals surface area contributed by atoms with Crippen molar-refractivity contribution in [3.8, 4) is 5.75 Å². The van der Waals surface area contributed by atoms with Crippen LogP contribution >= 0.6 is 36.4 Å². The van der Waals surface area contributed by atoms with Crippen molar-refractivity contribution in [2.24, 2.45) is 0 Å². The van der Waals surface area contributed by atoms with E-state index in [9.17, 15) is 4.39 Å². The SMILES string of the molecule is CN(C)CCNCc1cc(Cl)ccc1OCc1ccccc1F.Cl.Cl. The molecule has 0 saturated heterocycles. The van der Waals surface area contributed by atoms with E-state index in [2.05, 4.69) is 10.2 Å². The van der Waals surface area contributed by atoms with Crippen molar-refractivity contribution in [2.75, 3.05) is 27.2 Å². The van der Waals surface area contributed by atoms with Crippen LogP contribution in [0.3, 0.4) is 0 Å². The Hall–Kier alpha value is -1.04. The number of rotatable bonds is 8. The van der Waals surface area contributed by atoms with Gasteiger partial charge >= 0.3 is 0 Å². The fraction of sp³-hybridized carbons (Fsp3) is 0.333. The summed E-state index contributed by atoms with van der Waals surface area (Å²) in [7, 11) is 4.06. The second-order valence-corrected chi connectivity index (χ2v) is 6.05. The van der Waals surface area contributed by atoms with Gasteiger partial charge in [-0.2, -0.15) is 0 Å². The summed E-state index contributed by atoms with van der Waals surface area (Å²) in [5.41, 5.74) is 1.50. The van der Waals surface area contributed by atoms with Gasteiger partial charge in [-0.1, -0.05) is 29.8 Å². The van der Waals surface area contributed by atoms with Gasteiger partial charge in [0.2, 0.25) is 0 Å². The molecule has 0 aliphatic heterocycles. The zero-order valence-corrected chi connectivity index (χ0v) is 16.7. The molecule has 3 nitrogen and oxygen atoms in total. The number of likely N-dealkylation sites (N-methyl/N-ethyl adjacent to an activating group) is 1. The van der Waals surface area contributed by atoms with E-state index in [4.69, 9.17) is 16.3 Å². The topological polar surface area (TPSA) is 24.5 Å². The van der Waals surface area contributed by atoms with Gasteiger partial charge in [-0.05, 0) is 38.4 Å². The average molecular weight is 410 g/mol. The molecule has 0 amide bonds. The van der Waals surface area contributed by atoms with Crippen LogP contribution in [0.25, 0.3) is 0 Å². The van der Waals surface area contributed by atoms with Gasteiger partial charge in [0.1, 0.15) is 18.2 Å². The summed E-state index contributed by atoms with van der Waals surface area (Å²) in [6.07, 6.45) is 0. The van der Waals surface area contributed by atoms with Gasteiger partial charge in [0.15, 0.2) is 0 Å². The standard InChI is InChI=1S/C18H22ClFN2O.2ClH/c1-22(2)10-9-21-12-15-11-16(19)7-8-18(15)23-13-14-5-3-4-6-17(14)20;;/h3-8,11,21H,9-10,12-13H2,1-2H3;2*1H. The Kier molecular flexibility index (Phi) is 11.8. The van der Waals surface area contributed by atoms with Crippen LogP contribution in [-0.4, -0.2) is 32.1 Å². The first-order valence-corrected chi connectivity index (χ1v) is 7.94. The highest BCUT2D eigenvalue weighted by Crippen LogP contribution is 2.24. The average Bonchev–Trinajstić information content (AvgIpc) is 2.52. The molecule has 0 radical (unpaired) electrons. The molecule has 0 bridgehead atoms. The molecule has 0 aliphatic rings. The van der Waals surface area contributed by atoms with Gasteiger partial charge in [-0.15, -0.1) is 24.8 Å². The maximum atomic E-state index is 13.7. The molecule has 0 aromatic heterocycles. The zero-order valence-electron chi connectivity index (χ0n) is 14.3. The minimum absolute atomic E-state index is 0. The molecule has 0 unspecified atom stereocenters. The van der Waals surface area contributed by atoms with Crippen LogP contribution in [-0.2, 0) is 13.2 Å². The van der Waals surface area contributed by atoms with Crippen molar-refractivity contribution in [3.05, 3.63) is 64.4 Å². The maximum Gasteiger partial charge on any atom is 0.129 e. The van der Waals surface area contributed by atoms with Crippen molar-refractivity contribution in [3.63, 3.8) is 0 Å². The first kappa shape index (κ1) is 24.0. The lowest BCUT2D eigenvalue weighted by Crippen LogP contribution is -2.26. The molecule has 0 saturated carbocycles. The Labute approximate surface area is 166 Å². The normalized spacial score (nSPS) is 10.1. The molecule has 1 N–H and O–H groups in total. The summed E-state index contributed by atoms with van der Waals surface area (Å²) in [5.74, 6) is 0.460. The number of hydrogen-bond donors (Lipinski definition) is 1. The number of halogens is 4. The first-order valence-electron chi connectivity index (χ1n) is 7.56. The van der Waals surface area contributed by atoms with Gasteiger partial charge in [-0.25, -0.2) is 4.39 Å². The van der Waals surface area contributed by atoms with E-state index in [-0.39, 0.29) is 37.2 Å². The van der Waals surface area contributed by atoms with Crippen LogP contribution in [0.1, 0.15) is 11.1 Å². The van der Waals surface area contributed by atoms with Crippen LogP contribution in [0, 0.1) is 5.82 Å². The van der Waals surface area contributed by atoms with Crippen molar-refractivity contribution in [1.82, 2.24) is 10.2 Å². The lowest BCUT2D eigenvalue weighted by Gasteiger charge is -2.14. The highest BCUT2D eigenvalue weighted by molar-refractivity contribution is 6.30. The molecule has 2 aromatic carbocycles. The van der Waals surface area contributed by atoms with E-state index >= 15 is 0 Å². The van der Waals surface area contributed by atoms with Crippen molar-refractivity contribution in [1.29, 1.82) is 0 Å². The van der Waals surface area contributed by atoms with Crippen molar-refractivity contribution < 1.29 is 9.13 Å². The Morgan fingerprint density at radius 1 is 1.08 bits per heavy atom. The number of benzene rings is 2. The molecule has 7 heteroatoms. The molecular formula is C18H24Cl3FN2O. The summed E-state index contributed by atoms with van der Waals surface area (Å²) < 4.78 is 19.5. The minimum Gasteiger partial charge on any atom is -0.488 e. The Morgan fingerprint density at radius 2 is 1.80 bits per heavy atom. The van der Waals surface area contributed by atoms with Gasteiger partial charge in [-0.3, -0.25) is 0 Å². The highest BCUT2D eigenvalue weighted by atomic mass is 35.5. The Balaban J connectivity index is 0.00000288. The van der Waals surface area contributed by atoms with Crippen LogP contribution in [0.5, 0.6) is 5.75 Å². The Morgan fingerprint density at radius 3 is 2.48 bits per heavy atom. The molecule has 0 aliphatic carbocycles. The molecule has 140 valence electrons. The zero-order chi connectivity index (χ0) is 16.7. The highest BCUT2D eigenvalue weighted by Gasteiger charge is 2.07. The van der Waals surface area contributed by atoms with Gasteiger partial charge in [0, 0.05) is 35.8 Å². The molecule has 0 spiro atoms. The van der Waals surface area contributed by atoms with E-state index in [1.54, 1.807) is 24.3 Å². The van der Waals surface area contributed by atoms with Crippen LogP contribution in [0.2, 0.25) is 5.02 Å². The lowest BCUT2D eigenvalue weighted by molar-refractivity contribution is 0.295. The predicted molar refractivity (Wildman–Crippen MR) is 107 cm³/mol. The summed E-state index contributed by atoms with van der Waals surface area (Å²) >= 11 is 6.07. The van der Waals surface area contributed by atoms with Gasteiger partial charge < -0.3 is 15.0 Å². The smallest absolute Gasteiger partial charge is 0.129 e. The third kappa shape index (κ3) is 8.25. The molecule has 2 aromatic rings. The van der Waals surface area contributed by atoms with Crippen LogP contribution < -0.4 is 10.1 Å².